The molecule has 1 aromatic heterocycles. The molecule has 0 atom stereocenters. The highest BCUT2D eigenvalue weighted by Crippen LogP contribution is 2.26. The van der Waals surface area contributed by atoms with Gasteiger partial charge in [0, 0.05) is 36.9 Å². The number of piperazine rings is 1. The van der Waals surface area contributed by atoms with Crippen LogP contribution < -0.4 is 4.90 Å². The Balaban J connectivity index is 2.28. The highest BCUT2D eigenvalue weighted by molar-refractivity contribution is 5.44. The quantitative estimate of drug-likeness (QED) is 0.861. The van der Waals surface area contributed by atoms with Gasteiger partial charge in [-0.3, -0.25) is 4.90 Å². The molecule has 1 N–H and O–H groups in total. The van der Waals surface area contributed by atoms with E-state index in [9.17, 15) is 4.39 Å². The molecule has 0 radical (unpaired) electrons. The van der Waals surface area contributed by atoms with Gasteiger partial charge in [0.05, 0.1) is 6.61 Å². The van der Waals surface area contributed by atoms with Gasteiger partial charge in [0.2, 0.25) is 0 Å². The molecular weight excluding hydrogens is 233 g/mol. The van der Waals surface area contributed by atoms with Gasteiger partial charge in [0.15, 0.2) is 11.6 Å². The van der Waals surface area contributed by atoms with Crippen LogP contribution in [0.3, 0.4) is 0 Å². The van der Waals surface area contributed by atoms with Gasteiger partial charge < -0.3 is 10.0 Å². The molecule has 2 heterocycles. The lowest BCUT2D eigenvalue weighted by atomic mass is 9.99. The molecule has 1 fully saturated rings. The van der Waals surface area contributed by atoms with Crippen LogP contribution in [0.5, 0.6) is 0 Å². The third-order valence-corrected chi connectivity index (χ3v) is 3.74. The molecule has 0 aliphatic carbocycles. The van der Waals surface area contributed by atoms with Crippen molar-refractivity contribution in [2.75, 3.05) is 31.6 Å². The summed E-state index contributed by atoms with van der Waals surface area (Å²) >= 11 is 0. The number of rotatable bonds is 2. The summed E-state index contributed by atoms with van der Waals surface area (Å²) in [6, 6.07) is 1.51. The average Bonchev–Trinajstić information content (AvgIpc) is 2.33. The molecule has 100 valence electrons. The van der Waals surface area contributed by atoms with Crippen molar-refractivity contribution in [1.29, 1.82) is 0 Å². The number of aromatic nitrogens is 1. The molecule has 0 spiro atoms. The van der Waals surface area contributed by atoms with Gasteiger partial charge in [-0.1, -0.05) is 0 Å². The average molecular weight is 253 g/mol. The summed E-state index contributed by atoms with van der Waals surface area (Å²) < 4.78 is 14.1. The number of nitrogens with zero attached hydrogens (tertiary/aromatic N) is 3. The van der Waals surface area contributed by atoms with Crippen LogP contribution in [0.1, 0.15) is 19.4 Å². The number of aliphatic hydroxyl groups is 1. The van der Waals surface area contributed by atoms with E-state index in [1.54, 1.807) is 6.20 Å². The van der Waals surface area contributed by atoms with Crippen molar-refractivity contribution in [3.05, 3.63) is 23.6 Å². The first-order chi connectivity index (χ1) is 8.45. The summed E-state index contributed by atoms with van der Waals surface area (Å²) in [6.07, 6.45) is 1.55. The monoisotopic (exact) mass is 253 g/mol. The predicted octanol–water partition coefficient (Wildman–Crippen LogP) is 1.24. The molecule has 0 bridgehead atoms. The van der Waals surface area contributed by atoms with E-state index in [2.05, 4.69) is 30.8 Å². The van der Waals surface area contributed by atoms with Crippen molar-refractivity contribution in [3.8, 4) is 0 Å². The number of halogens is 1. The van der Waals surface area contributed by atoms with Crippen molar-refractivity contribution in [3.63, 3.8) is 0 Å². The van der Waals surface area contributed by atoms with E-state index in [1.165, 1.54) is 6.07 Å². The largest absolute Gasteiger partial charge is 0.392 e. The van der Waals surface area contributed by atoms with Gasteiger partial charge in [0.1, 0.15) is 0 Å². The van der Waals surface area contributed by atoms with E-state index < -0.39 is 5.82 Å². The zero-order chi connectivity index (χ0) is 13.3. The summed E-state index contributed by atoms with van der Waals surface area (Å²) in [5, 5.41) is 9.09. The van der Waals surface area contributed by atoms with E-state index in [4.69, 9.17) is 5.11 Å². The fourth-order valence-electron chi connectivity index (χ4n) is 2.23. The van der Waals surface area contributed by atoms with Crippen molar-refractivity contribution < 1.29 is 9.50 Å². The smallest absolute Gasteiger partial charge is 0.171 e. The first-order valence-corrected chi connectivity index (χ1v) is 6.16. The maximum absolute atomic E-state index is 14.1. The molecule has 0 saturated carbocycles. The van der Waals surface area contributed by atoms with Gasteiger partial charge in [-0.15, -0.1) is 0 Å². The topological polar surface area (TPSA) is 39.6 Å². The van der Waals surface area contributed by atoms with Gasteiger partial charge >= 0.3 is 0 Å². The molecule has 1 aliphatic rings. The Morgan fingerprint density at radius 2 is 2.17 bits per heavy atom. The summed E-state index contributed by atoms with van der Waals surface area (Å²) in [4.78, 5) is 8.34. The second-order valence-corrected chi connectivity index (χ2v) is 5.42. The second kappa shape index (κ2) is 4.82. The molecule has 18 heavy (non-hydrogen) atoms. The minimum atomic E-state index is -0.402. The highest BCUT2D eigenvalue weighted by atomic mass is 19.1. The molecule has 5 heteroatoms. The van der Waals surface area contributed by atoms with E-state index in [0.717, 1.165) is 19.6 Å². The lowest BCUT2D eigenvalue weighted by molar-refractivity contribution is 0.138. The molecule has 1 aromatic rings. The molecule has 0 unspecified atom stereocenters. The third-order valence-electron chi connectivity index (χ3n) is 3.74. The van der Waals surface area contributed by atoms with Crippen molar-refractivity contribution in [2.24, 2.45) is 0 Å². The molecule has 0 aromatic carbocycles. The maximum atomic E-state index is 14.1. The van der Waals surface area contributed by atoms with Gasteiger partial charge in [-0.25, -0.2) is 9.37 Å². The van der Waals surface area contributed by atoms with Crippen LogP contribution in [-0.2, 0) is 6.61 Å². The van der Waals surface area contributed by atoms with Crippen LogP contribution in [0.25, 0.3) is 0 Å². The molecule has 1 aliphatic heterocycles. The Labute approximate surface area is 107 Å². The lowest BCUT2D eigenvalue weighted by Gasteiger charge is -2.45. The fraction of sp³-hybridized carbons (Fsp3) is 0.615. The number of likely N-dealkylation sites (N-methyl/N-ethyl adjacent to an activating group) is 1. The van der Waals surface area contributed by atoms with E-state index in [-0.39, 0.29) is 12.1 Å². The van der Waals surface area contributed by atoms with Crippen LogP contribution in [0.15, 0.2) is 12.3 Å². The molecule has 2 rings (SSSR count). The highest BCUT2D eigenvalue weighted by Gasteiger charge is 2.32. The van der Waals surface area contributed by atoms with Crippen molar-refractivity contribution in [1.82, 2.24) is 9.88 Å². The van der Waals surface area contributed by atoms with Gasteiger partial charge in [-0.2, -0.15) is 0 Å². The second-order valence-electron chi connectivity index (χ2n) is 5.42. The molecule has 0 amide bonds. The van der Waals surface area contributed by atoms with Crippen molar-refractivity contribution >= 4 is 5.82 Å². The first-order valence-electron chi connectivity index (χ1n) is 6.16. The van der Waals surface area contributed by atoms with Crippen LogP contribution in [-0.4, -0.2) is 47.2 Å². The predicted molar refractivity (Wildman–Crippen MR) is 69.0 cm³/mol. The Morgan fingerprint density at radius 1 is 1.44 bits per heavy atom. The van der Waals surface area contributed by atoms with Crippen LogP contribution in [0.4, 0.5) is 10.2 Å². The summed E-state index contributed by atoms with van der Waals surface area (Å²) in [7, 11) is 2.07. The normalized spacial score (nSPS) is 20.2. The zero-order valence-corrected chi connectivity index (χ0v) is 11.1. The van der Waals surface area contributed by atoms with Crippen LogP contribution in [0.2, 0.25) is 0 Å². The van der Waals surface area contributed by atoms with E-state index in [0.29, 0.717) is 11.4 Å². The summed E-state index contributed by atoms with van der Waals surface area (Å²) in [6.45, 7) is 6.32. The van der Waals surface area contributed by atoms with E-state index in [1.807, 2.05) is 4.90 Å². The maximum Gasteiger partial charge on any atom is 0.171 e. The van der Waals surface area contributed by atoms with Crippen molar-refractivity contribution in [2.45, 2.75) is 26.0 Å². The Bertz CT molecular complexity index is 436. The van der Waals surface area contributed by atoms with Crippen LogP contribution in [0, 0.1) is 5.82 Å². The Kier molecular flexibility index (Phi) is 3.54. The van der Waals surface area contributed by atoms with Gasteiger partial charge in [-0.05, 0) is 27.0 Å². The number of hydrogen-bond acceptors (Lipinski definition) is 4. The standard InChI is InChI=1S/C13H20FN3O/c1-13(2)9-17(7-6-16(13)3)12-11(14)10(8-18)4-5-15-12/h4-5,18H,6-9H2,1-3H3. The fourth-order valence-corrected chi connectivity index (χ4v) is 2.23. The lowest BCUT2D eigenvalue weighted by Crippen LogP contribution is -2.58. The number of pyridine rings is 1. The third kappa shape index (κ3) is 2.33. The Morgan fingerprint density at radius 3 is 2.78 bits per heavy atom. The number of hydrogen-bond donors (Lipinski definition) is 1. The zero-order valence-electron chi connectivity index (χ0n) is 11.1. The number of aliphatic hydroxyl groups excluding tert-OH is 1. The minimum Gasteiger partial charge on any atom is -0.392 e. The molecule has 1 saturated heterocycles. The molecule has 4 nitrogen and oxygen atoms in total. The SMILES string of the molecule is CN1CCN(c2nccc(CO)c2F)CC1(C)C. The first kappa shape index (κ1) is 13.2. The van der Waals surface area contributed by atoms with E-state index >= 15 is 0 Å². The van der Waals surface area contributed by atoms with Gasteiger partial charge in [0.25, 0.3) is 0 Å². The number of anilines is 1. The molecular formula is C13H20FN3O. The van der Waals surface area contributed by atoms with Crippen LogP contribution >= 0.6 is 0 Å². The summed E-state index contributed by atoms with van der Waals surface area (Å²) in [5.41, 5.74) is 0.290. The minimum absolute atomic E-state index is 0.0123. The Hall–Kier alpha value is -1.20. The summed E-state index contributed by atoms with van der Waals surface area (Å²) in [5.74, 6) is -0.0527.